The molecule has 2 nitrogen and oxygen atoms in total. The van der Waals surface area contributed by atoms with Crippen LogP contribution in [0.1, 0.15) is 33.6 Å². The van der Waals surface area contributed by atoms with Gasteiger partial charge in [0.1, 0.15) is 5.83 Å². The summed E-state index contributed by atoms with van der Waals surface area (Å²) in [4.78, 5) is 3.87. The second kappa shape index (κ2) is 10.4. The molecule has 0 atom stereocenters. The molecule has 0 saturated carbocycles. The molecule has 3 heteroatoms. The van der Waals surface area contributed by atoms with E-state index in [1.54, 1.807) is 12.3 Å². The minimum Gasteiger partial charge on any atom is -0.381 e. The number of allylic oxidation sites excluding steroid dienone is 8. The fourth-order valence-electron chi connectivity index (χ4n) is 2.47. The fraction of sp³-hybridized carbons (Fsp3) is 0.286. The zero-order chi connectivity index (χ0) is 17.9. The van der Waals surface area contributed by atoms with Gasteiger partial charge in [-0.3, -0.25) is 4.99 Å². The summed E-state index contributed by atoms with van der Waals surface area (Å²) >= 11 is 0. The molecule has 0 unspecified atom stereocenters. The van der Waals surface area contributed by atoms with Gasteiger partial charge < -0.3 is 5.32 Å². The zero-order valence-corrected chi connectivity index (χ0v) is 14.9. The molecule has 24 heavy (non-hydrogen) atoms. The van der Waals surface area contributed by atoms with E-state index in [9.17, 15) is 4.39 Å². The lowest BCUT2D eigenvalue weighted by atomic mass is 10.00. The first-order chi connectivity index (χ1) is 11.5. The molecule has 128 valence electrons. The van der Waals surface area contributed by atoms with Crippen molar-refractivity contribution in [3.63, 3.8) is 0 Å². The van der Waals surface area contributed by atoms with Crippen LogP contribution in [0.2, 0.25) is 0 Å². The second-order valence-electron chi connectivity index (χ2n) is 5.54. The van der Waals surface area contributed by atoms with Crippen molar-refractivity contribution in [2.45, 2.75) is 33.6 Å². The molecular formula is C21H27FN2. The number of hydrogen-bond acceptors (Lipinski definition) is 2. The first-order valence-corrected chi connectivity index (χ1v) is 8.15. The number of nitrogens with one attached hydrogen (secondary N) is 1. The van der Waals surface area contributed by atoms with Gasteiger partial charge in [0, 0.05) is 29.6 Å². The SMILES string of the molecule is C=N/C=C(C(=C)NCC1=C(C)CC/C=C/C=C1F)/C(/C=C\C)=C/C. The molecule has 0 aromatic carbocycles. The highest BCUT2D eigenvalue weighted by Crippen LogP contribution is 2.23. The van der Waals surface area contributed by atoms with Gasteiger partial charge in [-0.05, 0) is 52.0 Å². The topological polar surface area (TPSA) is 24.4 Å². The Kier molecular flexibility index (Phi) is 8.48. The number of nitrogens with zero attached hydrogens (tertiary/aromatic N) is 1. The molecule has 0 radical (unpaired) electrons. The average molecular weight is 326 g/mol. The molecule has 0 heterocycles. The van der Waals surface area contributed by atoms with E-state index in [1.807, 2.05) is 45.1 Å². The van der Waals surface area contributed by atoms with E-state index in [1.165, 1.54) is 6.08 Å². The first-order valence-electron chi connectivity index (χ1n) is 8.15. The third-order valence-corrected chi connectivity index (χ3v) is 3.86. The van der Waals surface area contributed by atoms with E-state index in [4.69, 9.17) is 0 Å². The van der Waals surface area contributed by atoms with Crippen molar-refractivity contribution in [1.82, 2.24) is 5.32 Å². The Morgan fingerprint density at radius 3 is 2.79 bits per heavy atom. The zero-order valence-electron chi connectivity index (χ0n) is 14.9. The van der Waals surface area contributed by atoms with Crippen LogP contribution in [-0.2, 0) is 0 Å². The molecule has 0 aliphatic heterocycles. The van der Waals surface area contributed by atoms with Gasteiger partial charge in [0.2, 0.25) is 0 Å². The Labute approximate surface area is 145 Å². The van der Waals surface area contributed by atoms with Gasteiger partial charge in [-0.1, -0.05) is 42.5 Å². The van der Waals surface area contributed by atoms with Crippen LogP contribution in [0.4, 0.5) is 4.39 Å². The molecule has 1 aliphatic rings. The molecule has 0 amide bonds. The van der Waals surface area contributed by atoms with Crippen molar-refractivity contribution in [2.75, 3.05) is 6.54 Å². The van der Waals surface area contributed by atoms with E-state index in [0.717, 1.165) is 29.6 Å². The van der Waals surface area contributed by atoms with Crippen LogP contribution in [0.5, 0.6) is 0 Å². The third-order valence-electron chi connectivity index (χ3n) is 3.86. The fourth-order valence-corrected chi connectivity index (χ4v) is 2.47. The summed E-state index contributed by atoms with van der Waals surface area (Å²) in [7, 11) is 0. The highest BCUT2D eigenvalue weighted by atomic mass is 19.1. The van der Waals surface area contributed by atoms with Gasteiger partial charge in [0.05, 0.1) is 0 Å². The molecule has 0 aromatic heterocycles. The van der Waals surface area contributed by atoms with Crippen LogP contribution in [0.15, 0.2) is 88.0 Å². The van der Waals surface area contributed by atoms with Crippen LogP contribution >= 0.6 is 0 Å². The quantitative estimate of drug-likeness (QED) is 0.470. The molecule has 1 N–H and O–H groups in total. The summed E-state index contributed by atoms with van der Waals surface area (Å²) in [6.45, 7) is 13.9. The summed E-state index contributed by atoms with van der Waals surface area (Å²) < 4.78 is 14.3. The molecule has 1 rings (SSSR count). The van der Waals surface area contributed by atoms with Gasteiger partial charge in [0.15, 0.2) is 0 Å². The van der Waals surface area contributed by atoms with Gasteiger partial charge in [0.25, 0.3) is 0 Å². The van der Waals surface area contributed by atoms with Crippen LogP contribution in [-0.4, -0.2) is 13.3 Å². The number of rotatable bonds is 7. The molecule has 0 spiro atoms. The summed E-state index contributed by atoms with van der Waals surface area (Å²) in [5, 5.41) is 3.23. The lowest BCUT2D eigenvalue weighted by Gasteiger charge is -2.17. The predicted molar refractivity (Wildman–Crippen MR) is 104 cm³/mol. The van der Waals surface area contributed by atoms with Crippen molar-refractivity contribution in [2.24, 2.45) is 4.99 Å². The average Bonchev–Trinajstić information content (AvgIpc) is 2.56. The normalized spacial score (nSPS) is 18.1. The Hall–Kier alpha value is -2.42. The van der Waals surface area contributed by atoms with E-state index >= 15 is 0 Å². The predicted octanol–water partition coefficient (Wildman–Crippen LogP) is 5.72. The molecule has 0 saturated heterocycles. The third kappa shape index (κ3) is 5.65. The van der Waals surface area contributed by atoms with Crippen LogP contribution in [0.25, 0.3) is 0 Å². The maximum Gasteiger partial charge on any atom is 0.128 e. The number of hydrogen-bond donors (Lipinski definition) is 1. The summed E-state index contributed by atoms with van der Waals surface area (Å²) in [6, 6.07) is 0. The standard InChI is InChI=1S/C21H27FN2/c1-6-11-18(7-2)20(14-23-5)17(4)24-15-19-16(3)12-9-8-10-13-21(19)22/h6-8,10-11,13-14,24H,4-5,9,12,15H2,1-3H3/b10-8+,11-6-,18-7+,19-16?,20-14+,21-13?. The van der Waals surface area contributed by atoms with Crippen molar-refractivity contribution in [3.05, 3.63) is 83.1 Å². The van der Waals surface area contributed by atoms with E-state index in [2.05, 4.69) is 23.6 Å². The Balaban J connectivity index is 2.96. The van der Waals surface area contributed by atoms with Crippen LogP contribution in [0.3, 0.4) is 0 Å². The van der Waals surface area contributed by atoms with Crippen molar-refractivity contribution in [3.8, 4) is 0 Å². The lowest BCUT2D eigenvalue weighted by molar-refractivity contribution is 0.632. The Bertz CT molecular complexity index is 655. The molecule has 0 aromatic rings. The largest absolute Gasteiger partial charge is 0.381 e. The van der Waals surface area contributed by atoms with Gasteiger partial charge in [-0.2, -0.15) is 0 Å². The molecule has 0 bridgehead atoms. The Morgan fingerprint density at radius 2 is 2.17 bits per heavy atom. The van der Waals surface area contributed by atoms with Crippen molar-refractivity contribution in [1.29, 1.82) is 0 Å². The maximum atomic E-state index is 14.3. The number of aliphatic imine (C=N–C) groups is 1. The lowest BCUT2D eigenvalue weighted by Crippen LogP contribution is -2.19. The van der Waals surface area contributed by atoms with Crippen LogP contribution < -0.4 is 5.32 Å². The smallest absolute Gasteiger partial charge is 0.128 e. The van der Waals surface area contributed by atoms with E-state index < -0.39 is 0 Å². The first kappa shape index (κ1) is 19.6. The monoisotopic (exact) mass is 326 g/mol. The molecule has 0 fully saturated rings. The number of halogens is 1. The highest BCUT2D eigenvalue weighted by molar-refractivity contribution is 5.51. The minimum absolute atomic E-state index is 0.198. The summed E-state index contributed by atoms with van der Waals surface area (Å²) in [6.07, 6.45) is 14.6. The maximum absolute atomic E-state index is 14.3. The van der Waals surface area contributed by atoms with Crippen LogP contribution in [0, 0.1) is 0 Å². The summed E-state index contributed by atoms with van der Waals surface area (Å²) in [5.41, 5.74) is 4.28. The van der Waals surface area contributed by atoms with Crippen molar-refractivity contribution >= 4 is 6.72 Å². The van der Waals surface area contributed by atoms with Gasteiger partial charge >= 0.3 is 0 Å². The van der Waals surface area contributed by atoms with Gasteiger partial charge in [-0.15, -0.1) is 0 Å². The second-order valence-corrected chi connectivity index (χ2v) is 5.54. The minimum atomic E-state index is -0.198. The molecular weight excluding hydrogens is 299 g/mol. The highest BCUT2D eigenvalue weighted by Gasteiger charge is 2.12. The van der Waals surface area contributed by atoms with Crippen molar-refractivity contribution < 1.29 is 4.39 Å². The Morgan fingerprint density at radius 1 is 1.42 bits per heavy atom. The van der Waals surface area contributed by atoms with Gasteiger partial charge in [-0.25, -0.2) is 4.39 Å². The van der Waals surface area contributed by atoms with E-state index in [-0.39, 0.29) is 5.83 Å². The summed E-state index contributed by atoms with van der Waals surface area (Å²) in [5.74, 6) is -0.198. The molecule has 1 aliphatic carbocycles. The van der Waals surface area contributed by atoms with E-state index in [0.29, 0.717) is 17.8 Å².